The fourth-order valence-corrected chi connectivity index (χ4v) is 6.92. The summed E-state index contributed by atoms with van der Waals surface area (Å²) in [5, 5.41) is 12.5. The number of ether oxygens (including phenoxy) is 1. The maximum absolute atomic E-state index is 14.7. The number of nitrogen functional groups attached to an aromatic ring is 1. The summed E-state index contributed by atoms with van der Waals surface area (Å²) < 4.78 is 76.1. The lowest BCUT2D eigenvalue weighted by atomic mass is 9.76. The third-order valence-electron chi connectivity index (χ3n) is 8.27. The van der Waals surface area contributed by atoms with Gasteiger partial charge in [-0.2, -0.15) is 23.1 Å². The van der Waals surface area contributed by atoms with Gasteiger partial charge in [-0.25, -0.2) is 12.7 Å². The maximum atomic E-state index is 14.7. The normalized spacial score (nSPS) is 19.2. The largest absolute Gasteiger partial charge is 0.480 e. The van der Waals surface area contributed by atoms with Crippen LogP contribution in [0.1, 0.15) is 30.9 Å². The summed E-state index contributed by atoms with van der Waals surface area (Å²) in [5.74, 6) is -1.30. The average Bonchev–Trinajstić information content (AvgIpc) is 3.39. The van der Waals surface area contributed by atoms with Crippen molar-refractivity contribution in [1.29, 1.82) is 0 Å². The fourth-order valence-electron chi connectivity index (χ4n) is 5.80. The predicted octanol–water partition coefficient (Wildman–Crippen LogP) is 4.35. The van der Waals surface area contributed by atoms with E-state index in [0.717, 1.165) is 4.31 Å². The van der Waals surface area contributed by atoms with E-state index in [0.29, 0.717) is 38.9 Å². The Morgan fingerprint density at radius 1 is 1.18 bits per heavy atom. The molecule has 0 saturated carbocycles. The molecule has 0 radical (unpaired) electrons. The number of alkyl halides is 3. The Morgan fingerprint density at radius 2 is 1.89 bits per heavy atom. The van der Waals surface area contributed by atoms with Crippen molar-refractivity contribution in [2.45, 2.75) is 42.5 Å². The van der Waals surface area contributed by atoms with Gasteiger partial charge in [0, 0.05) is 50.4 Å². The molecule has 2 aliphatic heterocycles. The van der Waals surface area contributed by atoms with Crippen LogP contribution in [0.2, 0.25) is 5.02 Å². The molecular weight excluding hydrogens is 637 g/mol. The summed E-state index contributed by atoms with van der Waals surface area (Å²) in [7, 11) is -1.18. The first-order valence-corrected chi connectivity index (χ1v) is 15.8. The van der Waals surface area contributed by atoms with Crippen molar-refractivity contribution in [3.8, 4) is 17.0 Å². The zero-order valence-electron chi connectivity index (χ0n) is 24.4. The highest BCUT2D eigenvalue weighted by atomic mass is 35.5. The molecule has 0 amide bonds. The van der Waals surface area contributed by atoms with Crippen molar-refractivity contribution in [1.82, 2.24) is 19.6 Å². The molecule has 1 spiro atoms. The molecular formula is C29H32ClF3N6O5S. The minimum atomic E-state index is -4.93. The van der Waals surface area contributed by atoms with Crippen LogP contribution in [0.5, 0.6) is 5.88 Å². The smallest absolute Gasteiger partial charge is 0.429 e. The lowest BCUT2D eigenvalue weighted by Crippen LogP contribution is -2.41. The summed E-state index contributed by atoms with van der Waals surface area (Å²) in [6.07, 6.45) is -5.64. The lowest BCUT2D eigenvalue weighted by Gasteiger charge is -2.39. The first kappa shape index (κ1) is 32.7. The van der Waals surface area contributed by atoms with E-state index in [1.54, 1.807) is 0 Å². The summed E-state index contributed by atoms with van der Waals surface area (Å²) in [6, 6.07) is 10.0. The Morgan fingerprint density at radius 3 is 2.51 bits per heavy atom. The van der Waals surface area contributed by atoms with Crippen LogP contribution in [0.15, 0.2) is 53.4 Å². The Labute approximate surface area is 263 Å². The number of nitrogens with two attached hydrogens (primary N) is 1. The number of benzene rings is 2. The minimum absolute atomic E-state index is 0.0223. The number of aliphatic carboxylic acids is 1. The summed E-state index contributed by atoms with van der Waals surface area (Å²) in [5.41, 5.74) is 5.62. The number of aromatic nitrogens is 2. The molecule has 45 heavy (non-hydrogen) atoms. The van der Waals surface area contributed by atoms with Crippen molar-refractivity contribution < 1.29 is 36.2 Å². The van der Waals surface area contributed by atoms with Gasteiger partial charge in [-0.1, -0.05) is 29.8 Å². The summed E-state index contributed by atoms with van der Waals surface area (Å²) >= 11 is 6.20. The van der Waals surface area contributed by atoms with E-state index in [2.05, 4.69) is 15.3 Å². The van der Waals surface area contributed by atoms with Gasteiger partial charge in [0.2, 0.25) is 28.0 Å². The SMILES string of the molecule is CN(C)S(=O)(=O)c1cccc(-c2cc(Cl)ccc2[C@@H](Oc2cc(N3CCC4(CC3)CNC(C(=O)O)C4)nc(N)n2)C(F)(F)F)c1. The quantitative estimate of drug-likeness (QED) is 0.316. The number of piperidine rings is 1. The van der Waals surface area contributed by atoms with Gasteiger partial charge in [0.15, 0.2) is 0 Å². The van der Waals surface area contributed by atoms with E-state index in [-0.39, 0.29) is 43.8 Å². The van der Waals surface area contributed by atoms with Crippen LogP contribution in [-0.4, -0.2) is 79.7 Å². The monoisotopic (exact) mass is 668 g/mol. The number of carboxylic acid groups (broad SMARTS) is 1. The Bertz CT molecular complexity index is 1700. The van der Waals surface area contributed by atoms with Crippen LogP contribution >= 0.6 is 11.6 Å². The molecule has 5 rings (SSSR count). The number of halogens is 4. The first-order chi connectivity index (χ1) is 21.1. The highest BCUT2D eigenvalue weighted by molar-refractivity contribution is 7.89. The van der Waals surface area contributed by atoms with E-state index >= 15 is 0 Å². The van der Waals surface area contributed by atoms with Gasteiger partial charge in [0.25, 0.3) is 0 Å². The number of hydrogen-bond donors (Lipinski definition) is 3. The van der Waals surface area contributed by atoms with Crippen LogP contribution in [0.4, 0.5) is 24.9 Å². The van der Waals surface area contributed by atoms with E-state index in [1.165, 1.54) is 62.6 Å². The average molecular weight is 669 g/mol. The van der Waals surface area contributed by atoms with Crippen LogP contribution in [0.25, 0.3) is 11.1 Å². The molecule has 3 heterocycles. The van der Waals surface area contributed by atoms with E-state index in [9.17, 15) is 31.5 Å². The molecule has 1 unspecified atom stereocenters. The van der Waals surface area contributed by atoms with Gasteiger partial charge < -0.3 is 25.8 Å². The third-order valence-corrected chi connectivity index (χ3v) is 10.3. The number of hydrogen-bond acceptors (Lipinski definition) is 9. The second-order valence-corrected chi connectivity index (χ2v) is 14.1. The molecule has 4 N–H and O–H groups in total. The van der Waals surface area contributed by atoms with Crippen LogP contribution in [0.3, 0.4) is 0 Å². The number of anilines is 2. The molecule has 2 aromatic carbocycles. The maximum Gasteiger partial charge on any atom is 0.429 e. The van der Waals surface area contributed by atoms with Crippen LogP contribution in [-0.2, 0) is 14.8 Å². The number of nitrogens with one attached hydrogen (secondary N) is 1. The second kappa shape index (κ2) is 12.3. The molecule has 2 saturated heterocycles. The molecule has 16 heteroatoms. The molecule has 2 atom stereocenters. The highest BCUT2D eigenvalue weighted by Crippen LogP contribution is 2.43. The number of carbonyl (C=O) groups is 1. The number of rotatable bonds is 8. The van der Waals surface area contributed by atoms with E-state index < -0.39 is 40.2 Å². The van der Waals surface area contributed by atoms with Gasteiger partial charge in [0.1, 0.15) is 11.9 Å². The Kier molecular flexibility index (Phi) is 8.92. The molecule has 0 bridgehead atoms. The Balaban J connectivity index is 1.45. The van der Waals surface area contributed by atoms with E-state index in [1.807, 2.05) is 4.90 Å². The summed E-state index contributed by atoms with van der Waals surface area (Å²) in [4.78, 5) is 21.3. The highest BCUT2D eigenvalue weighted by Gasteiger charge is 2.46. The number of sulfonamides is 1. The third kappa shape index (κ3) is 6.95. The molecule has 242 valence electrons. The molecule has 2 aliphatic rings. The van der Waals surface area contributed by atoms with Gasteiger partial charge in [-0.05, 0) is 60.1 Å². The van der Waals surface area contributed by atoms with Crippen molar-refractivity contribution in [2.75, 3.05) is 44.4 Å². The minimum Gasteiger partial charge on any atom is -0.480 e. The van der Waals surface area contributed by atoms with Gasteiger partial charge >= 0.3 is 12.1 Å². The van der Waals surface area contributed by atoms with Crippen LogP contribution < -0.4 is 20.7 Å². The summed E-state index contributed by atoms with van der Waals surface area (Å²) in [6.45, 7) is 1.54. The first-order valence-electron chi connectivity index (χ1n) is 14.0. The van der Waals surface area contributed by atoms with Crippen molar-refractivity contribution >= 4 is 39.4 Å². The fraction of sp³-hybridized carbons (Fsp3) is 0.414. The van der Waals surface area contributed by atoms with Gasteiger partial charge in [0.05, 0.1) is 4.90 Å². The molecule has 2 fully saturated rings. The second-order valence-electron chi connectivity index (χ2n) is 11.5. The zero-order chi connectivity index (χ0) is 32.7. The Hall–Kier alpha value is -3.66. The van der Waals surface area contributed by atoms with Crippen molar-refractivity contribution in [3.05, 3.63) is 59.1 Å². The van der Waals surface area contributed by atoms with Crippen molar-refractivity contribution in [2.24, 2.45) is 5.41 Å². The van der Waals surface area contributed by atoms with E-state index in [4.69, 9.17) is 22.1 Å². The topological polar surface area (TPSA) is 151 Å². The molecule has 11 nitrogen and oxygen atoms in total. The predicted molar refractivity (Wildman–Crippen MR) is 162 cm³/mol. The standard InChI is InChI=1S/C29H32ClF3N6O5S/c1-38(2)45(42,43)19-5-3-4-17(12-19)21-13-18(30)6-7-20(21)25(29(31,32)33)44-24-14-23(36-27(34)37-24)39-10-8-28(9-11-39)15-22(26(40)41)35-16-28/h3-7,12-14,22,25,35H,8-11,15-16H2,1-2H3,(H,40,41)(H2,34,36,37)/t22?,25-/m1/s1. The number of carboxylic acids is 1. The molecule has 3 aromatic rings. The van der Waals surface area contributed by atoms with Gasteiger partial charge in [-0.15, -0.1) is 0 Å². The van der Waals surface area contributed by atoms with Crippen LogP contribution in [0, 0.1) is 5.41 Å². The molecule has 0 aliphatic carbocycles. The molecule has 1 aromatic heterocycles. The zero-order valence-corrected chi connectivity index (χ0v) is 26.0. The van der Waals surface area contributed by atoms with Gasteiger partial charge in [-0.3, -0.25) is 4.79 Å². The lowest BCUT2D eigenvalue weighted by molar-refractivity contribution is -0.198. The number of nitrogens with zero attached hydrogens (tertiary/aromatic N) is 4. The van der Waals surface area contributed by atoms with Crippen molar-refractivity contribution in [3.63, 3.8) is 0 Å².